The Morgan fingerprint density at radius 3 is 2.50 bits per heavy atom. The number of ether oxygens (including phenoxy) is 2. The number of esters is 1. The Morgan fingerprint density at radius 1 is 1.08 bits per heavy atom. The Balaban J connectivity index is 2.17. The number of nitrogens with one attached hydrogen (secondary N) is 1. The summed E-state index contributed by atoms with van der Waals surface area (Å²) in [6, 6.07) is 12.7. The fourth-order valence-electron chi connectivity index (χ4n) is 2.50. The molecule has 0 aromatic heterocycles. The highest BCUT2D eigenvalue weighted by Crippen LogP contribution is 2.22. The normalized spacial score (nSPS) is 11.5. The van der Waals surface area contributed by atoms with Crippen molar-refractivity contribution in [2.45, 2.75) is 40.2 Å². The minimum Gasteiger partial charge on any atom is -0.480 e. The van der Waals surface area contributed by atoms with Crippen molar-refractivity contribution in [3.8, 4) is 5.75 Å². The van der Waals surface area contributed by atoms with Crippen molar-refractivity contribution < 1.29 is 19.1 Å². The lowest BCUT2D eigenvalue weighted by molar-refractivity contribution is -0.122. The lowest BCUT2D eigenvalue weighted by atomic mass is 10.1. The number of carbonyl (C=O) groups is 2. The van der Waals surface area contributed by atoms with Crippen molar-refractivity contribution in [3.05, 3.63) is 59.2 Å². The van der Waals surface area contributed by atoms with Gasteiger partial charge in [0.25, 0.3) is 5.91 Å². The third kappa shape index (κ3) is 4.85. The van der Waals surface area contributed by atoms with Crippen LogP contribution in [0.5, 0.6) is 5.75 Å². The molecule has 138 valence electrons. The largest absolute Gasteiger partial charge is 0.480 e. The van der Waals surface area contributed by atoms with Crippen LogP contribution >= 0.6 is 0 Å². The van der Waals surface area contributed by atoms with Crippen LogP contribution in [-0.2, 0) is 9.53 Å². The Labute approximate surface area is 154 Å². The van der Waals surface area contributed by atoms with Gasteiger partial charge in [0.05, 0.1) is 17.9 Å². The zero-order valence-corrected chi connectivity index (χ0v) is 15.7. The molecule has 5 nitrogen and oxygen atoms in total. The van der Waals surface area contributed by atoms with Crippen molar-refractivity contribution in [3.63, 3.8) is 0 Å². The van der Waals surface area contributed by atoms with E-state index in [4.69, 9.17) is 9.47 Å². The monoisotopic (exact) mass is 355 g/mol. The van der Waals surface area contributed by atoms with E-state index in [9.17, 15) is 9.59 Å². The van der Waals surface area contributed by atoms with Gasteiger partial charge < -0.3 is 14.8 Å². The summed E-state index contributed by atoms with van der Waals surface area (Å²) in [5.41, 5.74) is 2.77. The molecule has 1 unspecified atom stereocenters. The number of anilines is 1. The number of hydrogen-bond donors (Lipinski definition) is 1. The van der Waals surface area contributed by atoms with Crippen LogP contribution in [0, 0.1) is 13.8 Å². The summed E-state index contributed by atoms with van der Waals surface area (Å²) < 4.78 is 11.0. The second kappa shape index (κ2) is 9.04. The summed E-state index contributed by atoms with van der Waals surface area (Å²) in [5.74, 6) is -0.0808. The van der Waals surface area contributed by atoms with E-state index in [1.807, 2.05) is 39.0 Å². The molecule has 0 radical (unpaired) electrons. The Hall–Kier alpha value is -2.82. The van der Waals surface area contributed by atoms with E-state index in [1.165, 1.54) is 0 Å². The molecule has 0 spiro atoms. The lowest BCUT2D eigenvalue weighted by Crippen LogP contribution is -2.33. The van der Waals surface area contributed by atoms with Crippen LogP contribution in [0.15, 0.2) is 42.5 Å². The van der Waals surface area contributed by atoms with E-state index in [0.717, 1.165) is 11.1 Å². The van der Waals surface area contributed by atoms with Crippen LogP contribution in [0.2, 0.25) is 0 Å². The van der Waals surface area contributed by atoms with Crippen LogP contribution in [-0.4, -0.2) is 24.6 Å². The maximum atomic E-state index is 12.7. The van der Waals surface area contributed by atoms with Gasteiger partial charge in [-0.1, -0.05) is 31.2 Å². The van der Waals surface area contributed by atoms with Crippen molar-refractivity contribution in [2.24, 2.45) is 0 Å². The first kappa shape index (κ1) is 19.5. The van der Waals surface area contributed by atoms with E-state index < -0.39 is 12.1 Å². The van der Waals surface area contributed by atoms with Gasteiger partial charge in [-0.05, 0) is 56.5 Å². The van der Waals surface area contributed by atoms with Gasteiger partial charge in [-0.25, -0.2) is 4.79 Å². The van der Waals surface area contributed by atoms with Gasteiger partial charge in [-0.3, -0.25) is 4.79 Å². The molecule has 2 aromatic carbocycles. The average molecular weight is 355 g/mol. The van der Waals surface area contributed by atoms with E-state index in [1.54, 1.807) is 31.2 Å². The summed E-state index contributed by atoms with van der Waals surface area (Å²) in [6.45, 7) is 7.81. The van der Waals surface area contributed by atoms with Gasteiger partial charge in [-0.2, -0.15) is 0 Å². The predicted molar refractivity (Wildman–Crippen MR) is 102 cm³/mol. The van der Waals surface area contributed by atoms with Crippen molar-refractivity contribution in [2.75, 3.05) is 11.9 Å². The first-order valence-corrected chi connectivity index (χ1v) is 8.77. The number of rotatable bonds is 7. The highest BCUT2D eigenvalue weighted by atomic mass is 16.5. The summed E-state index contributed by atoms with van der Waals surface area (Å²) in [5, 5.41) is 2.79. The molecule has 26 heavy (non-hydrogen) atoms. The molecular formula is C21H25NO4. The van der Waals surface area contributed by atoms with E-state index in [-0.39, 0.29) is 12.5 Å². The number of aryl methyl sites for hydroxylation is 2. The van der Waals surface area contributed by atoms with E-state index in [0.29, 0.717) is 23.4 Å². The fourth-order valence-corrected chi connectivity index (χ4v) is 2.50. The molecule has 0 saturated heterocycles. The molecule has 0 aliphatic heterocycles. The molecule has 1 N–H and O–H groups in total. The third-order valence-electron chi connectivity index (χ3n) is 3.96. The predicted octanol–water partition coefficient (Wildman–Crippen LogP) is 4.28. The highest BCUT2D eigenvalue weighted by Gasteiger charge is 2.22. The number of para-hydroxylation sites is 1. The van der Waals surface area contributed by atoms with Gasteiger partial charge in [0.1, 0.15) is 5.75 Å². The minimum absolute atomic E-state index is 0.272. The summed E-state index contributed by atoms with van der Waals surface area (Å²) >= 11 is 0. The number of carbonyl (C=O) groups excluding carboxylic acids is 2. The van der Waals surface area contributed by atoms with Crippen LogP contribution in [0.25, 0.3) is 0 Å². The second-order valence-corrected chi connectivity index (χ2v) is 6.04. The van der Waals surface area contributed by atoms with Gasteiger partial charge in [0, 0.05) is 0 Å². The summed E-state index contributed by atoms with van der Waals surface area (Å²) in [4.78, 5) is 24.7. The number of amides is 1. The van der Waals surface area contributed by atoms with Crippen LogP contribution in [0.3, 0.4) is 0 Å². The zero-order chi connectivity index (χ0) is 19.1. The van der Waals surface area contributed by atoms with Gasteiger partial charge in [-0.15, -0.1) is 0 Å². The molecule has 5 heteroatoms. The maximum Gasteiger partial charge on any atom is 0.340 e. The SMILES string of the molecule is CCOC(=O)c1ccccc1NC(=O)C(CC)Oc1cc(C)ccc1C. The maximum absolute atomic E-state index is 12.7. The quantitative estimate of drug-likeness (QED) is 0.753. The molecule has 0 bridgehead atoms. The first-order valence-electron chi connectivity index (χ1n) is 8.77. The second-order valence-electron chi connectivity index (χ2n) is 6.04. The van der Waals surface area contributed by atoms with Crippen molar-refractivity contribution in [1.29, 1.82) is 0 Å². The summed E-state index contributed by atoms with van der Waals surface area (Å²) in [7, 11) is 0. The Bertz CT molecular complexity index is 785. The molecule has 0 saturated carbocycles. The van der Waals surface area contributed by atoms with E-state index >= 15 is 0 Å². The molecule has 0 aliphatic carbocycles. The van der Waals surface area contributed by atoms with Crippen LogP contribution in [0.4, 0.5) is 5.69 Å². The van der Waals surface area contributed by atoms with Crippen LogP contribution in [0.1, 0.15) is 41.8 Å². The van der Waals surface area contributed by atoms with Crippen molar-refractivity contribution >= 4 is 17.6 Å². The smallest absolute Gasteiger partial charge is 0.340 e. The molecule has 0 heterocycles. The topological polar surface area (TPSA) is 64.6 Å². The van der Waals surface area contributed by atoms with Crippen LogP contribution < -0.4 is 10.1 Å². The first-order chi connectivity index (χ1) is 12.5. The molecule has 1 atom stereocenters. The van der Waals surface area contributed by atoms with Gasteiger partial charge in [0.2, 0.25) is 0 Å². The highest BCUT2D eigenvalue weighted by molar-refractivity contribution is 6.02. The summed E-state index contributed by atoms with van der Waals surface area (Å²) in [6.07, 6.45) is -0.161. The molecular weight excluding hydrogens is 330 g/mol. The zero-order valence-electron chi connectivity index (χ0n) is 15.7. The number of hydrogen-bond acceptors (Lipinski definition) is 4. The molecule has 1 amide bonds. The Morgan fingerprint density at radius 2 is 1.81 bits per heavy atom. The minimum atomic E-state index is -0.661. The fraction of sp³-hybridized carbons (Fsp3) is 0.333. The standard InChI is InChI=1S/C21H25NO4/c1-5-18(26-19-13-14(3)11-12-15(19)4)20(23)22-17-10-8-7-9-16(17)21(24)25-6-2/h7-13,18H,5-6H2,1-4H3,(H,22,23). The van der Waals surface area contributed by atoms with E-state index in [2.05, 4.69) is 5.32 Å². The molecule has 2 rings (SSSR count). The number of benzene rings is 2. The molecule has 0 fully saturated rings. The average Bonchev–Trinajstić information content (AvgIpc) is 2.63. The third-order valence-corrected chi connectivity index (χ3v) is 3.96. The molecule has 2 aromatic rings. The van der Waals surface area contributed by atoms with Crippen molar-refractivity contribution in [1.82, 2.24) is 0 Å². The van der Waals surface area contributed by atoms with Gasteiger partial charge >= 0.3 is 5.97 Å². The molecule has 0 aliphatic rings. The lowest BCUT2D eigenvalue weighted by Gasteiger charge is -2.19. The van der Waals surface area contributed by atoms with Gasteiger partial charge in [0.15, 0.2) is 6.10 Å². The Kier molecular flexibility index (Phi) is 6.78.